The van der Waals surface area contributed by atoms with Gasteiger partial charge in [-0.2, -0.15) is 0 Å². The molecule has 0 aliphatic carbocycles. The van der Waals surface area contributed by atoms with E-state index in [1.807, 2.05) is 18.2 Å². The molecule has 0 spiro atoms. The van der Waals surface area contributed by atoms with E-state index in [2.05, 4.69) is 29.2 Å². The van der Waals surface area contributed by atoms with E-state index in [0.29, 0.717) is 5.02 Å². The lowest BCUT2D eigenvalue weighted by atomic mass is 9.88. The quantitative estimate of drug-likeness (QED) is 0.801. The summed E-state index contributed by atoms with van der Waals surface area (Å²) >= 11 is 5.90. The van der Waals surface area contributed by atoms with Crippen LogP contribution in [0.5, 0.6) is 0 Å². The van der Waals surface area contributed by atoms with E-state index < -0.39 is 0 Å². The number of nitrogens with zero attached hydrogens (tertiary/aromatic N) is 1. The molecule has 0 saturated carbocycles. The Bertz CT molecular complexity index is 679. The van der Waals surface area contributed by atoms with Crippen LogP contribution in [-0.4, -0.2) is 36.4 Å². The summed E-state index contributed by atoms with van der Waals surface area (Å²) in [5.41, 5.74) is 8.36. The third-order valence-corrected chi connectivity index (χ3v) is 5.17. The Morgan fingerprint density at radius 3 is 2.36 bits per heavy atom. The molecule has 1 fully saturated rings. The summed E-state index contributed by atoms with van der Waals surface area (Å²) in [6.07, 6.45) is 2.70. The minimum Gasteiger partial charge on any atom is -0.326 e. The van der Waals surface area contributed by atoms with Gasteiger partial charge < -0.3 is 10.6 Å². The van der Waals surface area contributed by atoms with Crippen LogP contribution in [0.2, 0.25) is 5.02 Å². The summed E-state index contributed by atoms with van der Waals surface area (Å²) in [6, 6.07) is 17.7. The molecule has 0 radical (unpaired) electrons. The van der Waals surface area contributed by atoms with Gasteiger partial charge >= 0.3 is 0 Å². The normalized spacial score (nSPS) is 17.4. The van der Waals surface area contributed by atoms with Crippen molar-refractivity contribution in [3.05, 3.63) is 70.7 Å². The lowest BCUT2D eigenvalue weighted by Crippen LogP contribution is -2.43. The predicted molar refractivity (Wildman–Crippen MR) is 103 cm³/mol. The van der Waals surface area contributed by atoms with Gasteiger partial charge in [-0.05, 0) is 62.2 Å². The second-order valence-electron chi connectivity index (χ2n) is 6.90. The largest absolute Gasteiger partial charge is 0.326 e. The number of nitrogens with two attached hydrogens (primary N) is 1. The highest BCUT2D eigenvalue weighted by Gasteiger charge is 2.26. The molecule has 1 aliphatic heterocycles. The molecule has 25 heavy (non-hydrogen) atoms. The summed E-state index contributed by atoms with van der Waals surface area (Å²) in [7, 11) is 0. The van der Waals surface area contributed by atoms with Crippen LogP contribution in [0.1, 0.15) is 28.8 Å². The van der Waals surface area contributed by atoms with Gasteiger partial charge in [0.1, 0.15) is 0 Å². The smallest absolute Gasteiger partial charge is 0.166 e. The average Bonchev–Trinajstić information content (AvgIpc) is 2.63. The molecule has 1 heterocycles. The molecule has 0 aromatic heterocycles. The number of halogens is 1. The second kappa shape index (κ2) is 8.61. The van der Waals surface area contributed by atoms with Gasteiger partial charge in [-0.15, -0.1) is 0 Å². The summed E-state index contributed by atoms with van der Waals surface area (Å²) in [5.74, 6) is 0.354. The highest BCUT2D eigenvalue weighted by atomic mass is 35.5. The third-order valence-electron chi connectivity index (χ3n) is 4.92. The average molecular weight is 357 g/mol. The van der Waals surface area contributed by atoms with Gasteiger partial charge in [0.25, 0.3) is 0 Å². The van der Waals surface area contributed by atoms with Crippen molar-refractivity contribution < 1.29 is 4.79 Å². The number of hydrogen-bond donors (Lipinski definition) is 1. The minimum atomic E-state index is 0.114. The van der Waals surface area contributed by atoms with E-state index in [9.17, 15) is 4.79 Å². The molecule has 3 rings (SSSR count). The highest BCUT2D eigenvalue weighted by Crippen LogP contribution is 2.23. The summed E-state index contributed by atoms with van der Waals surface area (Å²) in [4.78, 5) is 15.0. The second-order valence-corrected chi connectivity index (χ2v) is 7.33. The fraction of sp³-hybridized carbons (Fsp3) is 0.381. The molecule has 0 bridgehead atoms. The Morgan fingerprint density at radius 1 is 1.08 bits per heavy atom. The Balaban J connectivity index is 1.46. The monoisotopic (exact) mass is 356 g/mol. The minimum absolute atomic E-state index is 0.114. The topological polar surface area (TPSA) is 46.3 Å². The van der Waals surface area contributed by atoms with Crippen molar-refractivity contribution in [3.8, 4) is 0 Å². The Morgan fingerprint density at radius 2 is 1.72 bits per heavy atom. The lowest BCUT2D eigenvalue weighted by molar-refractivity contribution is 0.0836. The van der Waals surface area contributed by atoms with E-state index in [-0.39, 0.29) is 17.7 Å². The fourth-order valence-corrected chi connectivity index (χ4v) is 3.67. The van der Waals surface area contributed by atoms with E-state index in [4.69, 9.17) is 17.3 Å². The number of Topliss-reactive ketones (excluding diaryl/α,β-unsaturated/α-hetero) is 1. The molecule has 2 N–H and O–H groups in total. The first-order chi connectivity index (χ1) is 12.1. The number of piperidine rings is 1. The first kappa shape index (κ1) is 18.1. The number of likely N-dealkylation sites (tertiary alicyclic amines) is 1. The van der Waals surface area contributed by atoms with Gasteiger partial charge in [0.05, 0.1) is 0 Å². The van der Waals surface area contributed by atoms with Gasteiger partial charge in [-0.25, -0.2) is 0 Å². The number of carbonyl (C=O) groups excluding carboxylic acids is 1. The summed E-state index contributed by atoms with van der Waals surface area (Å²) < 4.78 is 0. The van der Waals surface area contributed by atoms with E-state index in [0.717, 1.165) is 44.5 Å². The molecule has 1 saturated heterocycles. The summed E-state index contributed by atoms with van der Waals surface area (Å²) in [6.45, 7) is 2.76. The molecule has 1 unspecified atom stereocenters. The first-order valence-corrected chi connectivity index (χ1v) is 9.31. The molecule has 0 amide bonds. The zero-order valence-electron chi connectivity index (χ0n) is 14.4. The van der Waals surface area contributed by atoms with Crippen molar-refractivity contribution in [3.63, 3.8) is 0 Å². The SMILES string of the molecule is NC(Cc1ccccc1)CN1CCC(C(=O)c2ccc(Cl)cc2)CC1. The van der Waals surface area contributed by atoms with Crippen molar-refractivity contribution in [1.29, 1.82) is 0 Å². The van der Waals surface area contributed by atoms with Crippen molar-refractivity contribution in [2.45, 2.75) is 25.3 Å². The maximum Gasteiger partial charge on any atom is 0.166 e. The molecule has 2 aromatic rings. The maximum atomic E-state index is 12.6. The Hall–Kier alpha value is -1.68. The molecule has 3 nitrogen and oxygen atoms in total. The first-order valence-electron chi connectivity index (χ1n) is 8.93. The summed E-state index contributed by atoms with van der Waals surface area (Å²) in [5, 5.41) is 0.666. The molecule has 1 atom stereocenters. The zero-order valence-corrected chi connectivity index (χ0v) is 15.2. The van der Waals surface area contributed by atoms with Crippen molar-refractivity contribution in [1.82, 2.24) is 4.90 Å². The molecular weight excluding hydrogens is 332 g/mol. The third kappa shape index (κ3) is 5.15. The number of ketones is 1. The van der Waals surface area contributed by atoms with Gasteiger partial charge in [0.15, 0.2) is 5.78 Å². The predicted octanol–water partition coefficient (Wildman–Crippen LogP) is 3.80. The van der Waals surface area contributed by atoms with Crippen LogP contribution in [0.3, 0.4) is 0 Å². The van der Waals surface area contributed by atoms with Crippen LogP contribution < -0.4 is 5.73 Å². The maximum absolute atomic E-state index is 12.6. The van der Waals surface area contributed by atoms with Crippen LogP contribution >= 0.6 is 11.6 Å². The molecular formula is C21H25ClN2O. The van der Waals surface area contributed by atoms with Crippen molar-refractivity contribution in [2.75, 3.05) is 19.6 Å². The van der Waals surface area contributed by atoms with Crippen molar-refractivity contribution in [2.24, 2.45) is 11.7 Å². The molecule has 4 heteroatoms. The van der Waals surface area contributed by atoms with Gasteiger partial charge in [-0.1, -0.05) is 41.9 Å². The molecule has 2 aromatic carbocycles. The van der Waals surface area contributed by atoms with E-state index >= 15 is 0 Å². The van der Waals surface area contributed by atoms with Gasteiger partial charge in [-0.3, -0.25) is 4.79 Å². The van der Waals surface area contributed by atoms with Crippen LogP contribution in [-0.2, 0) is 6.42 Å². The van der Waals surface area contributed by atoms with Gasteiger partial charge in [0, 0.05) is 29.1 Å². The van der Waals surface area contributed by atoms with Crippen LogP contribution in [0.4, 0.5) is 0 Å². The van der Waals surface area contributed by atoms with Crippen molar-refractivity contribution >= 4 is 17.4 Å². The van der Waals surface area contributed by atoms with Gasteiger partial charge in [0.2, 0.25) is 0 Å². The van der Waals surface area contributed by atoms with E-state index in [1.54, 1.807) is 12.1 Å². The van der Waals surface area contributed by atoms with Crippen LogP contribution in [0.15, 0.2) is 54.6 Å². The van der Waals surface area contributed by atoms with Crippen LogP contribution in [0.25, 0.3) is 0 Å². The standard InChI is InChI=1S/C21H25ClN2O/c22-19-8-6-17(7-9-19)21(25)18-10-12-24(13-11-18)15-20(23)14-16-4-2-1-3-5-16/h1-9,18,20H,10-15,23H2. The number of carbonyl (C=O) groups is 1. The van der Waals surface area contributed by atoms with Crippen LogP contribution in [0, 0.1) is 5.92 Å². The Kier molecular flexibility index (Phi) is 6.24. The fourth-order valence-electron chi connectivity index (χ4n) is 3.54. The molecule has 132 valence electrons. The highest BCUT2D eigenvalue weighted by molar-refractivity contribution is 6.30. The zero-order chi connectivity index (χ0) is 17.6. The lowest BCUT2D eigenvalue weighted by Gasteiger charge is -2.33. The Labute approximate surface area is 154 Å². The number of rotatable bonds is 6. The van der Waals surface area contributed by atoms with E-state index in [1.165, 1.54) is 5.56 Å². The molecule has 1 aliphatic rings. The number of hydrogen-bond acceptors (Lipinski definition) is 3. The number of benzene rings is 2.